The van der Waals surface area contributed by atoms with Crippen LogP contribution in [0.4, 0.5) is 0 Å². The molecule has 0 atom stereocenters. The van der Waals surface area contributed by atoms with E-state index in [1.54, 1.807) is 0 Å². The van der Waals surface area contributed by atoms with Crippen molar-refractivity contribution in [2.45, 2.75) is 12.8 Å². The maximum Gasteiger partial charge on any atom is 0.224 e. The highest BCUT2D eigenvalue weighted by Gasteiger charge is 2.09. The standard InChI is InChI=1S/C18H17N5O/c24-18(11-13-12-20-15-6-2-1-5-14(13)15)19-9-8-17-22-21-16-7-3-4-10-23(16)17/h1-7,10,12,20H,8-9,11H2,(H,19,24). The van der Waals surface area contributed by atoms with Gasteiger partial charge in [-0.3, -0.25) is 9.20 Å². The van der Waals surface area contributed by atoms with E-state index in [2.05, 4.69) is 20.5 Å². The molecule has 3 aromatic heterocycles. The van der Waals surface area contributed by atoms with E-state index in [4.69, 9.17) is 0 Å². The second-order valence-corrected chi connectivity index (χ2v) is 5.68. The molecule has 120 valence electrons. The number of H-pyrrole nitrogens is 1. The van der Waals surface area contributed by atoms with Crippen molar-refractivity contribution in [1.82, 2.24) is 24.9 Å². The lowest BCUT2D eigenvalue weighted by molar-refractivity contribution is -0.120. The Morgan fingerprint density at radius 3 is 2.96 bits per heavy atom. The van der Waals surface area contributed by atoms with Crippen molar-refractivity contribution < 1.29 is 4.79 Å². The van der Waals surface area contributed by atoms with Gasteiger partial charge in [-0.2, -0.15) is 0 Å². The van der Waals surface area contributed by atoms with Crippen LogP contribution in [0.1, 0.15) is 11.4 Å². The van der Waals surface area contributed by atoms with Crippen molar-refractivity contribution in [3.05, 3.63) is 66.2 Å². The molecule has 1 amide bonds. The van der Waals surface area contributed by atoms with Crippen molar-refractivity contribution in [1.29, 1.82) is 0 Å². The smallest absolute Gasteiger partial charge is 0.224 e. The van der Waals surface area contributed by atoms with Gasteiger partial charge in [-0.25, -0.2) is 0 Å². The zero-order valence-corrected chi connectivity index (χ0v) is 13.1. The Balaban J connectivity index is 1.37. The van der Waals surface area contributed by atoms with Crippen LogP contribution in [0, 0.1) is 0 Å². The summed E-state index contributed by atoms with van der Waals surface area (Å²) >= 11 is 0. The molecule has 0 aliphatic rings. The van der Waals surface area contributed by atoms with Gasteiger partial charge in [0, 0.05) is 36.3 Å². The highest BCUT2D eigenvalue weighted by molar-refractivity contribution is 5.88. The van der Waals surface area contributed by atoms with Crippen molar-refractivity contribution in [2.24, 2.45) is 0 Å². The third kappa shape index (κ3) is 2.74. The number of carbonyl (C=O) groups excluding carboxylic acids is 1. The lowest BCUT2D eigenvalue weighted by Crippen LogP contribution is -2.27. The largest absolute Gasteiger partial charge is 0.361 e. The van der Waals surface area contributed by atoms with Gasteiger partial charge in [0.1, 0.15) is 5.82 Å². The van der Waals surface area contributed by atoms with Crippen LogP contribution in [-0.2, 0) is 17.6 Å². The van der Waals surface area contributed by atoms with Gasteiger partial charge in [-0.05, 0) is 23.8 Å². The Labute approximate surface area is 138 Å². The molecule has 3 heterocycles. The Kier molecular flexibility index (Phi) is 3.70. The van der Waals surface area contributed by atoms with Crippen molar-refractivity contribution in [3.63, 3.8) is 0 Å². The molecule has 0 unspecified atom stereocenters. The van der Waals surface area contributed by atoms with Crippen molar-refractivity contribution >= 4 is 22.5 Å². The van der Waals surface area contributed by atoms with Gasteiger partial charge in [0.2, 0.25) is 5.91 Å². The summed E-state index contributed by atoms with van der Waals surface area (Å²) in [6.45, 7) is 0.539. The molecule has 1 aromatic carbocycles. The van der Waals surface area contributed by atoms with Crippen molar-refractivity contribution in [2.75, 3.05) is 6.54 Å². The van der Waals surface area contributed by atoms with Crippen LogP contribution >= 0.6 is 0 Å². The Morgan fingerprint density at radius 2 is 2.00 bits per heavy atom. The number of nitrogens with one attached hydrogen (secondary N) is 2. The highest BCUT2D eigenvalue weighted by Crippen LogP contribution is 2.17. The van der Waals surface area contributed by atoms with E-state index < -0.39 is 0 Å². The van der Waals surface area contributed by atoms with Crippen molar-refractivity contribution in [3.8, 4) is 0 Å². The first-order valence-corrected chi connectivity index (χ1v) is 7.91. The summed E-state index contributed by atoms with van der Waals surface area (Å²) in [5.41, 5.74) is 2.88. The fourth-order valence-electron chi connectivity index (χ4n) is 2.89. The number of pyridine rings is 1. The van der Waals surface area contributed by atoms with Crippen LogP contribution in [0.25, 0.3) is 16.6 Å². The molecule has 6 heteroatoms. The summed E-state index contributed by atoms with van der Waals surface area (Å²) < 4.78 is 1.94. The first-order chi connectivity index (χ1) is 11.8. The Bertz CT molecular complexity index is 1000. The third-order valence-corrected chi connectivity index (χ3v) is 4.08. The molecule has 0 aliphatic heterocycles. The number of aromatic nitrogens is 4. The molecule has 6 nitrogen and oxygen atoms in total. The number of hydrogen-bond acceptors (Lipinski definition) is 3. The van der Waals surface area contributed by atoms with Crippen LogP contribution < -0.4 is 5.32 Å². The second-order valence-electron chi connectivity index (χ2n) is 5.68. The number of fused-ring (bicyclic) bond motifs is 2. The summed E-state index contributed by atoms with van der Waals surface area (Å²) in [4.78, 5) is 15.4. The molecular weight excluding hydrogens is 302 g/mol. The number of carbonyl (C=O) groups is 1. The second kappa shape index (κ2) is 6.16. The van der Waals surface area contributed by atoms with Gasteiger partial charge in [0.25, 0.3) is 0 Å². The molecule has 2 N–H and O–H groups in total. The fourth-order valence-corrected chi connectivity index (χ4v) is 2.89. The molecule has 0 bridgehead atoms. The lowest BCUT2D eigenvalue weighted by atomic mass is 10.1. The Morgan fingerprint density at radius 1 is 1.12 bits per heavy atom. The minimum Gasteiger partial charge on any atom is -0.361 e. The number of rotatable bonds is 5. The maximum atomic E-state index is 12.2. The van der Waals surface area contributed by atoms with E-state index in [0.717, 1.165) is 27.9 Å². The summed E-state index contributed by atoms with van der Waals surface area (Å²) in [5.74, 6) is 0.853. The van der Waals surface area contributed by atoms with E-state index in [1.165, 1.54) is 0 Å². The Hall–Kier alpha value is -3.15. The fraction of sp³-hybridized carbons (Fsp3) is 0.167. The van der Waals surface area contributed by atoms with Gasteiger partial charge in [-0.15, -0.1) is 10.2 Å². The topological polar surface area (TPSA) is 75.1 Å². The van der Waals surface area contributed by atoms with Crippen LogP contribution in [0.2, 0.25) is 0 Å². The highest BCUT2D eigenvalue weighted by atomic mass is 16.1. The van der Waals surface area contributed by atoms with Crippen LogP contribution in [-0.4, -0.2) is 32.0 Å². The normalized spacial score (nSPS) is 11.2. The van der Waals surface area contributed by atoms with Crippen LogP contribution in [0.3, 0.4) is 0 Å². The summed E-state index contributed by atoms with van der Waals surface area (Å²) in [6.07, 6.45) is 4.84. The minimum atomic E-state index is 0.00794. The molecule has 0 radical (unpaired) electrons. The molecule has 0 fully saturated rings. The quantitative estimate of drug-likeness (QED) is 0.591. The number of nitrogens with zero attached hydrogens (tertiary/aromatic N) is 3. The number of hydrogen-bond donors (Lipinski definition) is 2. The summed E-state index contributed by atoms with van der Waals surface area (Å²) in [5, 5.41) is 12.3. The average molecular weight is 319 g/mol. The number of amides is 1. The van der Waals surface area contributed by atoms with Crippen LogP contribution in [0.5, 0.6) is 0 Å². The summed E-state index contributed by atoms with van der Waals surface area (Å²) in [6, 6.07) is 13.8. The van der Waals surface area contributed by atoms with E-state index in [-0.39, 0.29) is 5.91 Å². The van der Waals surface area contributed by atoms with Gasteiger partial charge >= 0.3 is 0 Å². The summed E-state index contributed by atoms with van der Waals surface area (Å²) in [7, 11) is 0. The number of para-hydroxylation sites is 1. The van der Waals surface area contributed by atoms with Gasteiger partial charge in [0.05, 0.1) is 6.42 Å². The van der Waals surface area contributed by atoms with E-state index in [0.29, 0.717) is 19.4 Å². The molecule has 0 saturated heterocycles. The van der Waals surface area contributed by atoms with Gasteiger partial charge < -0.3 is 10.3 Å². The molecule has 4 aromatic rings. The van der Waals surface area contributed by atoms with E-state index >= 15 is 0 Å². The van der Waals surface area contributed by atoms with Gasteiger partial charge in [0.15, 0.2) is 5.65 Å². The molecule has 0 spiro atoms. The predicted octanol–water partition coefficient (Wildman–Crippen LogP) is 2.11. The molecule has 0 saturated carbocycles. The number of aromatic amines is 1. The first-order valence-electron chi connectivity index (χ1n) is 7.91. The molecular formula is C18H17N5O. The average Bonchev–Trinajstić information content (AvgIpc) is 3.20. The van der Waals surface area contributed by atoms with Gasteiger partial charge in [-0.1, -0.05) is 24.3 Å². The van der Waals surface area contributed by atoms with E-state index in [9.17, 15) is 4.79 Å². The monoisotopic (exact) mass is 319 g/mol. The molecule has 24 heavy (non-hydrogen) atoms. The zero-order chi connectivity index (χ0) is 16.4. The third-order valence-electron chi connectivity index (χ3n) is 4.08. The zero-order valence-electron chi connectivity index (χ0n) is 13.1. The van der Waals surface area contributed by atoms with Crippen LogP contribution in [0.15, 0.2) is 54.9 Å². The predicted molar refractivity (Wildman–Crippen MR) is 91.7 cm³/mol. The minimum absolute atomic E-state index is 0.00794. The maximum absolute atomic E-state index is 12.2. The molecule has 4 rings (SSSR count). The first kappa shape index (κ1) is 14.4. The lowest BCUT2D eigenvalue weighted by Gasteiger charge is -2.04. The SMILES string of the molecule is O=C(Cc1c[nH]c2ccccc12)NCCc1nnc2ccccn12. The van der Waals surface area contributed by atoms with E-state index in [1.807, 2.05) is 59.3 Å². The number of benzene rings is 1. The molecule has 0 aliphatic carbocycles.